The lowest BCUT2D eigenvalue weighted by molar-refractivity contribution is -0.120. The van der Waals surface area contributed by atoms with E-state index in [9.17, 15) is 27.2 Å². The maximum atomic E-state index is 14.0. The molecule has 2 amide bonds. The van der Waals surface area contributed by atoms with Gasteiger partial charge in [-0.05, 0) is 44.3 Å². The van der Waals surface area contributed by atoms with Crippen LogP contribution in [0.25, 0.3) is 11.0 Å². The molecule has 5 rings (SSSR count). The summed E-state index contributed by atoms with van der Waals surface area (Å²) in [6.45, 7) is 1.57. The molecule has 0 radical (unpaired) electrons. The first-order valence-corrected chi connectivity index (χ1v) is 11.9. The number of carbonyl (C=O) groups excluding carboxylic acids is 2. The molecule has 2 aliphatic rings. The lowest BCUT2D eigenvalue weighted by atomic mass is 9.98. The number of nitrogens with zero attached hydrogens (tertiary/aromatic N) is 4. The van der Waals surface area contributed by atoms with E-state index in [2.05, 4.69) is 20.3 Å². The van der Waals surface area contributed by atoms with Crippen molar-refractivity contribution in [3.05, 3.63) is 76.3 Å². The molecule has 3 heterocycles. The summed E-state index contributed by atoms with van der Waals surface area (Å²) in [5, 5.41) is 2.58. The molecule has 0 saturated heterocycles. The number of likely N-dealkylation sites (N-methyl/N-ethyl adjacent to an activating group) is 1. The predicted molar refractivity (Wildman–Crippen MR) is 132 cm³/mol. The minimum Gasteiger partial charge on any atom is -0.341 e. The van der Waals surface area contributed by atoms with Gasteiger partial charge in [0, 0.05) is 49.6 Å². The van der Waals surface area contributed by atoms with Crippen LogP contribution in [0.15, 0.2) is 35.5 Å². The van der Waals surface area contributed by atoms with Crippen molar-refractivity contribution in [2.75, 3.05) is 33.7 Å². The zero-order chi connectivity index (χ0) is 27.1. The first-order valence-electron chi connectivity index (χ1n) is 11.9. The predicted octanol–water partition coefficient (Wildman–Crippen LogP) is 3.05. The molecule has 198 valence electrons. The minimum absolute atomic E-state index is 0.0813. The highest BCUT2D eigenvalue weighted by Gasteiger charge is 2.32. The number of nitrogens with one attached hydrogen (secondary N) is 2. The lowest BCUT2D eigenvalue weighted by Gasteiger charge is -2.18. The number of benzene rings is 2. The zero-order valence-corrected chi connectivity index (χ0v) is 20.6. The number of aromatic nitrogens is 2. The highest BCUT2D eigenvalue weighted by molar-refractivity contribution is 6.16. The van der Waals surface area contributed by atoms with Crippen LogP contribution >= 0.6 is 0 Å². The number of rotatable bonds is 7. The van der Waals surface area contributed by atoms with Gasteiger partial charge >= 0.3 is 0 Å². The smallest absolute Gasteiger partial charge is 0.254 e. The topological polar surface area (TPSA) is 93.7 Å². The van der Waals surface area contributed by atoms with Crippen LogP contribution in [0.2, 0.25) is 0 Å². The number of amides is 2. The van der Waals surface area contributed by atoms with Crippen molar-refractivity contribution in [3.63, 3.8) is 0 Å². The molecule has 8 nitrogen and oxygen atoms in total. The van der Waals surface area contributed by atoms with Gasteiger partial charge in [-0.1, -0.05) is 0 Å². The van der Waals surface area contributed by atoms with Crippen molar-refractivity contribution in [3.8, 4) is 0 Å². The number of carbonyl (C=O) groups is 2. The van der Waals surface area contributed by atoms with Gasteiger partial charge in [0.05, 0.1) is 16.7 Å². The van der Waals surface area contributed by atoms with Gasteiger partial charge in [0.2, 0.25) is 5.91 Å². The third-order valence-electron chi connectivity index (χ3n) is 6.59. The van der Waals surface area contributed by atoms with Crippen LogP contribution in [0.1, 0.15) is 33.2 Å². The Kier molecular flexibility index (Phi) is 6.74. The van der Waals surface area contributed by atoms with Crippen molar-refractivity contribution in [2.45, 2.75) is 18.9 Å². The fourth-order valence-electron chi connectivity index (χ4n) is 4.61. The Labute approximate surface area is 215 Å². The summed E-state index contributed by atoms with van der Waals surface area (Å²) in [4.78, 5) is 41.3. The molecule has 0 spiro atoms. The maximum Gasteiger partial charge on any atom is 0.254 e. The van der Waals surface area contributed by atoms with E-state index in [-0.39, 0.29) is 30.1 Å². The van der Waals surface area contributed by atoms with E-state index in [0.29, 0.717) is 29.7 Å². The van der Waals surface area contributed by atoms with Crippen molar-refractivity contribution in [2.24, 2.45) is 4.99 Å². The van der Waals surface area contributed by atoms with Crippen molar-refractivity contribution < 1.29 is 27.2 Å². The molecular formula is C26H24F4N6O2. The van der Waals surface area contributed by atoms with E-state index in [1.807, 2.05) is 25.1 Å². The summed E-state index contributed by atoms with van der Waals surface area (Å²) in [5.74, 6) is -7.14. The molecular weight excluding hydrogens is 504 g/mol. The van der Waals surface area contributed by atoms with Crippen molar-refractivity contribution >= 4 is 28.6 Å². The van der Waals surface area contributed by atoms with Crippen LogP contribution in [0.5, 0.6) is 0 Å². The molecule has 1 unspecified atom stereocenters. The summed E-state index contributed by atoms with van der Waals surface area (Å²) >= 11 is 0. The Hall–Kier alpha value is -4.06. The number of aliphatic imine (C=N–C) groups is 1. The van der Waals surface area contributed by atoms with Crippen LogP contribution in [0, 0.1) is 23.3 Å². The van der Waals surface area contributed by atoms with Gasteiger partial charge in [-0.15, -0.1) is 0 Å². The van der Waals surface area contributed by atoms with Gasteiger partial charge in [-0.2, -0.15) is 0 Å². The summed E-state index contributed by atoms with van der Waals surface area (Å²) in [5.41, 5.74) is 2.05. The molecule has 0 saturated carbocycles. The van der Waals surface area contributed by atoms with E-state index in [4.69, 9.17) is 0 Å². The third-order valence-corrected chi connectivity index (χ3v) is 6.59. The third kappa shape index (κ3) is 4.67. The molecule has 1 atom stereocenters. The minimum atomic E-state index is -1.49. The Balaban J connectivity index is 1.40. The van der Waals surface area contributed by atoms with E-state index in [1.165, 1.54) is 12.3 Å². The monoisotopic (exact) mass is 528 g/mol. The second kappa shape index (κ2) is 10.0. The number of imidazole rings is 1. The number of hydrogen-bond donors (Lipinski definition) is 2. The van der Waals surface area contributed by atoms with E-state index in [0.717, 1.165) is 12.1 Å². The number of H-pyrrole nitrogens is 1. The number of aromatic amines is 1. The highest BCUT2D eigenvalue weighted by atomic mass is 19.2. The molecule has 0 fully saturated rings. The van der Waals surface area contributed by atoms with Crippen LogP contribution in [0.3, 0.4) is 0 Å². The van der Waals surface area contributed by atoms with Gasteiger partial charge in [-0.3, -0.25) is 14.6 Å². The number of halogens is 4. The van der Waals surface area contributed by atoms with Crippen LogP contribution in [-0.4, -0.2) is 71.0 Å². The van der Waals surface area contributed by atoms with Crippen LogP contribution < -0.4 is 5.32 Å². The molecule has 0 aliphatic carbocycles. The molecule has 12 heteroatoms. The molecule has 2 aromatic carbocycles. The first-order chi connectivity index (χ1) is 18.1. The van der Waals surface area contributed by atoms with Crippen LogP contribution in [-0.2, 0) is 17.8 Å². The quantitative estimate of drug-likeness (QED) is 0.364. The van der Waals surface area contributed by atoms with E-state index < -0.39 is 47.1 Å². The fourth-order valence-corrected chi connectivity index (χ4v) is 4.61. The molecule has 1 aromatic heterocycles. The molecule has 3 aromatic rings. The van der Waals surface area contributed by atoms with Crippen molar-refractivity contribution in [1.82, 2.24) is 25.1 Å². The average Bonchev–Trinajstić information content (AvgIpc) is 3.42. The second-order valence-corrected chi connectivity index (χ2v) is 9.46. The maximum absolute atomic E-state index is 14.0. The Bertz CT molecular complexity index is 1490. The second-order valence-electron chi connectivity index (χ2n) is 9.46. The van der Waals surface area contributed by atoms with Gasteiger partial charge in [0.1, 0.15) is 11.7 Å². The van der Waals surface area contributed by atoms with E-state index in [1.54, 1.807) is 11.0 Å². The van der Waals surface area contributed by atoms with Crippen molar-refractivity contribution in [1.29, 1.82) is 0 Å². The van der Waals surface area contributed by atoms with Crippen LogP contribution in [0.4, 0.5) is 17.6 Å². The fraction of sp³-hybridized carbons (Fsp3) is 0.308. The standard InChI is InChI=1S/C26H24F4N6O2/c1-35(2)7-8-36-12-13-9-19-20(10-15(13)26(36)38)34-24(33-19)21-18(4-6-32-25(21)37)31-5-3-14-22(29)16(27)11-17(28)23(14)30/h4,6,9-11,21H,3,5,7-8,12H2,1-2H3,(H,32,37)(H,33,34). The van der Waals surface area contributed by atoms with Gasteiger partial charge in [0.25, 0.3) is 5.91 Å². The zero-order valence-electron chi connectivity index (χ0n) is 20.6. The largest absolute Gasteiger partial charge is 0.341 e. The molecule has 2 aliphatic heterocycles. The molecule has 2 N–H and O–H groups in total. The Morgan fingerprint density at radius 2 is 1.84 bits per heavy atom. The molecule has 38 heavy (non-hydrogen) atoms. The highest BCUT2D eigenvalue weighted by Crippen LogP contribution is 2.29. The number of fused-ring (bicyclic) bond motifs is 2. The number of allylic oxidation sites excluding steroid dienone is 1. The van der Waals surface area contributed by atoms with Gasteiger partial charge in [-0.25, -0.2) is 22.5 Å². The number of hydrogen-bond acceptors (Lipinski definition) is 5. The molecule has 0 bridgehead atoms. The first kappa shape index (κ1) is 25.6. The van der Waals surface area contributed by atoms with Gasteiger partial charge < -0.3 is 20.1 Å². The Morgan fingerprint density at radius 3 is 2.55 bits per heavy atom. The SMILES string of the molecule is CN(C)CCN1Cc2cc3[nH]c(C4C(=O)NC=CC4=NCCc4c(F)c(F)cc(F)c4F)nc3cc2C1=O. The normalized spacial score (nSPS) is 18.2. The average molecular weight is 529 g/mol. The summed E-state index contributed by atoms with van der Waals surface area (Å²) in [7, 11) is 3.88. The summed E-state index contributed by atoms with van der Waals surface area (Å²) < 4.78 is 55.1. The Morgan fingerprint density at radius 1 is 1.11 bits per heavy atom. The van der Waals surface area contributed by atoms with E-state index >= 15 is 0 Å². The lowest BCUT2D eigenvalue weighted by Crippen LogP contribution is -2.35. The van der Waals surface area contributed by atoms with Gasteiger partial charge in [0.15, 0.2) is 23.3 Å². The summed E-state index contributed by atoms with van der Waals surface area (Å²) in [6, 6.07) is 3.68. The summed E-state index contributed by atoms with van der Waals surface area (Å²) in [6.07, 6.45) is 2.47.